The van der Waals surface area contributed by atoms with Gasteiger partial charge in [-0.3, -0.25) is 10.1 Å². The summed E-state index contributed by atoms with van der Waals surface area (Å²) in [5, 5.41) is 6.36. The van der Waals surface area contributed by atoms with E-state index in [2.05, 4.69) is 24.5 Å². The first-order valence-electron chi connectivity index (χ1n) is 7.68. The van der Waals surface area contributed by atoms with Crippen molar-refractivity contribution in [2.24, 2.45) is 0 Å². The minimum Gasteiger partial charge on any atom is -0.497 e. The van der Waals surface area contributed by atoms with Gasteiger partial charge in [0.25, 0.3) is 0 Å². The van der Waals surface area contributed by atoms with Gasteiger partial charge in [0.2, 0.25) is 5.91 Å². The summed E-state index contributed by atoms with van der Waals surface area (Å²) in [6.07, 6.45) is 2.08. The lowest BCUT2D eigenvalue weighted by Crippen LogP contribution is -2.46. The van der Waals surface area contributed by atoms with Gasteiger partial charge in [0.15, 0.2) is 0 Å². The van der Waals surface area contributed by atoms with Crippen molar-refractivity contribution in [2.75, 3.05) is 7.11 Å². The second-order valence-electron chi connectivity index (χ2n) is 5.58. The van der Waals surface area contributed by atoms with Crippen molar-refractivity contribution in [3.63, 3.8) is 0 Å². The highest BCUT2D eigenvalue weighted by atomic mass is 16.5. The monoisotopic (exact) mass is 292 g/mol. The third-order valence-electron chi connectivity index (χ3n) is 3.62. The van der Waals surface area contributed by atoms with Crippen LogP contribution in [0.2, 0.25) is 0 Å². The molecule has 4 nitrogen and oxygen atoms in total. The predicted molar refractivity (Wildman–Crippen MR) is 86.5 cm³/mol. The number of carbonyl (C=O) groups excluding carboxylic acids is 1. The topological polar surface area (TPSA) is 50.4 Å². The quantitative estimate of drug-likeness (QED) is 0.774. The Balaban J connectivity index is 2.52. The number of hydrogen-bond donors (Lipinski definition) is 2. The molecular formula is C17H28N2O2. The Kier molecular flexibility index (Phi) is 7.23. The van der Waals surface area contributed by atoms with E-state index in [0.717, 1.165) is 24.2 Å². The molecule has 0 aliphatic carbocycles. The standard InChI is InChI=1S/C17H28N2O2/c1-6-7-12(2)18-17(20)14(4)19-13(3)15-8-10-16(21-5)11-9-15/h8-14,19H,6-7H2,1-5H3,(H,18,20)/t12?,13-,14?/m0/s1. The highest BCUT2D eigenvalue weighted by Crippen LogP contribution is 2.17. The zero-order valence-electron chi connectivity index (χ0n) is 13.8. The molecule has 0 radical (unpaired) electrons. The van der Waals surface area contributed by atoms with Gasteiger partial charge in [-0.05, 0) is 44.9 Å². The van der Waals surface area contributed by atoms with Crippen LogP contribution in [0.25, 0.3) is 0 Å². The summed E-state index contributed by atoms with van der Waals surface area (Å²) in [7, 11) is 1.65. The lowest BCUT2D eigenvalue weighted by atomic mass is 10.1. The molecule has 1 amide bonds. The number of ether oxygens (including phenoxy) is 1. The Morgan fingerprint density at radius 3 is 2.33 bits per heavy atom. The van der Waals surface area contributed by atoms with E-state index < -0.39 is 0 Å². The van der Waals surface area contributed by atoms with Crippen LogP contribution in [0.15, 0.2) is 24.3 Å². The van der Waals surface area contributed by atoms with Crippen molar-refractivity contribution in [3.8, 4) is 5.75 Å². The summed E-state index contributed by atoms with van der Waals surface area (Å²) in [5.74, 6) is 0.890. The van der Waals surface area contributed by atoms with Crippen molar-refractivity contribution in [1.82, 2.24) is 10.6 Å². The number of methoxy groups -OCH3 is 1. The fraction of sp³-hybridized carbons (Fsp3) is 0.588. The van der Waals surface area contributed by atoms with Gasteiger partial charge in [-0.1, -0.05) is 25.5 Å². The molecule has 118 valence electrons. The van der Waals surface area contributed by atoms with Crippen molar-refractivity contribution >= 4 is 5.91 Å². The summed E-state index contributed by atoms with van der Waals surface area (Å²) >= 11 is 0. The third kappa shape index (κ3) is 5.76. The molecule has 0 fully saturated rings. The second-order valence-corrected chi connectivity index (χ2v) is 5.58. The largest absolute Gasteiger partial charge is 0.497 e. The van der Waals surface area contributed by atoms with Crippen molar-refractivity contribution in [1.29, 1.82) is 0 Å². The summed E-state index contributed by atoms with van der Waals surface area (Å²) < 4.78 is 5.15. The molecule has 0 aliphatic heterocycles. The van der Waals surface area contributed by atoms with Gasteiger partial charge in [-0.2, -0.15) is 0 Å². The van der Waals surface area contributed by atoms with E-state index in [4.69, 9.17) is 4.74 Å². The van der Waals surface area contributed by atoms with Crippen LogP contribution in [-0.2, 0) is 4.79 Å². The maximum absolute atomic E-state index is 12.1. The Hall–Kier alpha value is -1.55. The molecule has 3 atom stereocenters. The summed E-state index contributed by atoms with van der Waals surface area (Å²) in [5.41, 5.74) is 1.14. The minimum atomic E-state index is -0.221. The fourth-order valence-electron chi connectivity index (χ4n) is 2.31. The molecule has 1 rings (SSSR count). The Morgan fingerprint density at radius 1 is 1.19 bits per heavy atom. The van der Waals surface area contributed by atoms with Crippen LogP contribution >= 0.6 is 0 Å². The van der Waals surface area contributed by atoms with E-state index in [-0.39, 0.29) is 24.0 Å². The molecule has 1 aromatic rings. The van der Waals surface area contributed by atoms with Gasteiger partial charge in [-0.25, -0.2) is 0 Å². The van der Waals surface area contributed by atoms with Crippen molar-refractivity contribution in [3.05, 3.63) is 29.8 Å². The molecule has 0 bridgehead atoms. The van der Waals surface area contributed by atoms with Crippen LogP contribution in [0.1, 0.15) is 52.1 Å². The van der Waals surface area contributed by atoms with Gasteiger partial charge < -0.3 is 10.1 Å². The second kappa shape index (κ2) is 8.67. The van der Waals surface area contributed by atoms with Crippen LogP contribution in [0.3, 0.4) is 0 Å². The maximum Gasteiger partial charge on any atom is 0.237 e. The smallest absolute Gasteiger partial charge is 0.237 e. The highest BCUT2D eigenvalue weighted by molar-refractivity contribution is 5.81. The average Bonchev–Trinajstić information content (AvgIpc) is 2.47. The number of amides is 1. The van der Waals surface area contributed by atoms with Crippen LogP contribution in [0.5, 0.6) is 5.75 Å². The Bertz CT molecular complexity index is 431. The van der Waals surface area contributed by atoms with E-state index >= 15 is 0 Å². The predicted octanol–water partition coefficient (Wildman–Crippen LogP) is 3.04. The van der Waals surface area contributed by atoms with E-state index in [1.807, 2.05) is 38.1 Å². The number of nitrogens with one attached hydrogen (secondary N) is 2. The molecule has 0 aliphatic rings. The first-order valence-corrected chi connectivity index (χ1v) is 7.68. The molecule has 2 N–H and O–H groups in total. The number of rotatable bonds is 8. The molecule has 0 heterocycles. The molecule has 21 heavy (non-hydrogen) atoms. The van der Waals surface area contributed by atoms with Gasteiger partial charge in [0.1, 0.15) is 5.75 Å². The SMILES string of the molecule is CCCC(C)NC(=O)C(C)N[C@@H](C)c1ccc(OC)cc1. The van der Waals surface area contributed by atoms with Gasteiger partial charge >= 0.3 is 0 Å². The van der Waals surface area contributed by atoms with Crippen LogP contribution in [-0.4, -0.2) is 25.1 Å². The Morgan fingerprint density at radius 2 is 1.81 bits per heavy atom. The van der Waals surface area contributed by atoms with Crippen molar-refractivity contribution < 1.29 is 9.53 Å². The van der Waals surface area contributed by atoms with Gasteiger partial charge in [-0.15, -0.1) is 0 Å². The molecule has 0 saturated carbocycles. The molecule has 4 heteroatoms. The normalized spacial score (nSPS) is 15.1. The van der Waals surface area contributed by atoms with E-state index in [0.29, 0.717) is 0 Å². The third-order valence-corrected chi connectivity index (χ3v) is 3.62. The zero-order valence-corrected chi connectivity index (χ0v) is 13.8. The number of benzene rings is 1. The maximum atomic E-state index is 12.1. The molecular weight excluding hydrogens is 264 g/mol. The molecule has 0 spiro atoms. The molecule has 0 saturated heterocycles. The zero-order chi connectivity index (χ0) is 15.8. The number of hydrogen-bond acceptors (Lipinski definition) is 3. The molecule has 1 aromatic carbocycles. The van der Waals surface area contributed by atoms with Crippen LogP contribution in [0, 0.1) is 0 Å². The first kappa shape index (κ1) is 17.5. The summed E-state index contributed by atoms with van der Waals surface area (Å²) in [6.45, 7) is 8.12. The molecule has 0 aromatic heterocycles. The number of carbonyl (C=O) groups is 1. The average molecular weight is 292 g/mol. The van der Waals surface area contributed by atoms with Gasteiger partial charge in [0.05, 0.1) is 13.2 Å². The summed E-state index contributed by atoms with van der Waals surface area (Å²) in [4.78, 5) is 12.1. The lowest BCUT2D eigenvalue weighted by Gasteiger charge is -2.22. The van der Waals surface area contributed by atoms with E-state index in [1.54, 1.807) is 7.11 Å². The molecule has 2 unspecified atom stereocenters. The van der Waals surface area contributed by atoms with Crippen LogP contribution in [0.4, 0.5) is 0 Å². The highest BCUT2D eigenvalue weighted by Gasteiger charge is 2.17. The van der Waals surface area contributed by atoms with Gasteiger partial charge in [0, 0.05) is 12.1 Å². The minimum absolute atomic E-state index is 0.0521. The van der Waals surface area contributed by atoms with E-state index in [1.165, 1.54) is 0 Å². The fourth-order valence-corrected chi connectivity index (χ4v) is 2.31. The van der Waals surface area contributed by atoms with Crippen LogP contribution < -0.4 is 15.4 Å². The Labute approximate surface area is 128 Å². The van der Waals surface area contributed by atoms with E-state index in [9.17, 15) is 4.79 Å². The lowest BCUT2D eigenvalue weighted by molar-refractivity contribution is -0.123. The first-order chi connectivity index (χ1) is 9.97. The summed E-state index contributed by atoms with van der Waals surface area (Å²) in [6, 6.07) is 8.01. The van der Waals surface area contributed by atoms with Crippen molar-refractivity contribution in [2.45, 2.75) is 58.7 Å².